The van der Waals surface area contributed by atoms with Crippen LogP contribution in [0.1, 0.15) is 22.3 Å². The zero-order chi connectivity index (χ0) is 20.4. The molecule has 0 unspecified atom stereocenters. The predicted molar refractivity (Wildman–Crippen MR) is 110 cm³/mol. The molecule has 3 aromatic carbocycles. The highest BCUT2D eigenvalue weighted by atomic mass is 32.2. The Morgan fingerprint density at radius 1 is 0.931 bits per heavy atom. The van der Waals surface area contributed by atoms with Crippen LogP contribution in [0, 0.1) is 5.82 Å². The Morgan fingerprint density at radius 2 is 1.62 bits per heavy atom. The van der Waals surface area contributed by atoms with E-state index in [1.165, 1.54) is 46.8 Å². The van der Waals surface area contributed by atoms with Crippen LogP contribution >= 0.6 is 0 Å². The lowest BCUT2D eigenvalue weighted by Crippen LogP contribution is -2.35. The SMILES string of the molecule is O=C(Nc1ccccc1F)c1ccc(S(=O)(=O)N2CCCc3ccccc32)cc1. The van der Waals surface area contributed by atoms with Crippen LogP contribution in [0.5, 0.6) is 0 Å². The minimum absolute atomic E-state index is 0.0686. The van der Waals surface area contributed by atoms with Crippen LogP contribution < -0.4 is 9.62 Å². The van der Waals surface area contributed by atoms with E-state index in [1.807, 2.05) is 24.3 Å². The van der Waals surface area contributed by atoms with Gasteiger partial charge in [0.2, 0.25) is 0 Å². The molecule has 4 rings (SSSR count). The van der Waals surface area contributed by atoms with Crippen LogP contribution in [0.15, 0.2) is 77.7 Å². The number of fused-ring (bicyclic) bond motifs is 1. The van der Waals surface area contributed by atoms with Crippen molar-refractivity contribution in [3.05, 3.63) is 89.7 Å². The van der Waals surface area contributed by atoms with Crippen molar-refractivity contribution in [2.45, 2.75) is 17.7 Å². The molecular formula is C22H19FN2O3S. The second-order valence-corrected chi connectivity index (χ2v) is 8.63. The van der Waals surface area contributed by atoms with E-state index in [2.05, 4.69) is 5.32 Å². The molecule has 1 amide bonds. The minimum Gasteiger partial charge on any atom is -0.319 e. The lowest BCUT2D eigenvalue weighted by atomic mass is 10.0. The van der Waals surface area contributed by atoms with Crippen LogP contribution in [-0.4, -0.2) is 20.9 Å². The molecule has 3 aromatic rings. The zero-order valence-electron chi connectivity index (χ0n) is 15.5. The van der Waals surface area contributed by atoms with Gasteiger partial charge in [0.05, 0.1) is 16.3 Å². The summed E-state index contributed by atoms with van der Waals surface area (Å²) >= 11 is 0. The van der Waals surface area contributed by atoms with Gasteiger partial charge in [-0.3, -0.25) is 9.10 Å². The van der Waals surface area contributed by atoms with Crippen molar-refractivity contribution in [3.63, 3.8) is 0 Å². The molecule has 0 saturated carbocycles. The van der Waals surface area contributed by atoms with E-state index in [0.29, 0.717) is 12.2 Å². The molecule has 0 radical (unpaired) electrons. The molecule has 0 aliphatic carbocycles. The van der Waals surface area contributed by atoms with Gasteiger partial charge in [-0.2, -0.15) is 0 Å². The number of carbonyl (C=O) groups excluding carboxylic acids is 1. The maximum absolute atomic E-state index is 13.7. The molecule has 0 saturated heterocycles. The van der Waals surface area contributed by atoms with Crippen molar-refractivity contribution in [2.75, 3.05) is 16.2 Å². The Bertz CT molecular complexity index is 1160. The number of para-hydroxylation sites is 2. The van der Waals surface area contributed by atoms with Crippen LogP contribution in [0.25, 0.3) is 0 Å². The van der Waals surface area contributed by atoms with Gasteiger partial charge < -0.3 is 5.32 Å². The van der Waals surface area contributed by atoms with Crippen molar-refractivity contribution in [1.82, 2.24) is 0 Å². The fourth-order valence-electron chi connectivity index (χ4n) is 3.41. The summed E-state index contributed by atoms with van der Waals surface area (Å²) in [6, 6.07) is 19.0. The Kier molecular flexibility index (Phi) is 5.07. The molecule has 0 atom stereocenters. The van der Waals surface area contributed by atoms with Gasteiger partial charge in [0.15, 0.2) is 0 Å². The number of halogens is 1. The summed E-state index contributed by atoms with van der Waals surface area (Å²) < 4.78 is 41.4. The molecule has 0 bridgehead atoms. The lowest BCUT2D eigenvalue weighted by Gasteiger charge is -2.30. The van der Waals surface area contributed by atoms with Crippen LogP contribution in [0.2, 0.25) is 0 Å². The second-order valence-electron chi connectivity index (χ2n) is 6.77. The maximum atomic E-state index is 13.7. The third-order valence-corrected chi connectivity index (χ3v) is 6.72. The summed E-state index contributed by atoms with van der Waals surface area (Å²) in [6.07, 6.45) is 1.59. The normalized spacial score (nSPS) is 13.6. The predicted octanol–water partition coefficient (Wildman–Crippen LogP) is 4.22. The Morgan fingerprint density at radius 3 is 2.38 bits per heavy atom. The first kappa shape index (κ1) is 19.1. The highest BCUT2D eigenvalue weighted by molar-refractivity contribution is 7.92. The van der Waals surface area contributed by atoms with Gasteiger partial charge >= 0.3 is 0 Å². The van der Waals surface area contributed by atoms with Crippen LogP contribution in [0.3, 0.4) is 0 Å². The molecular weight excluding hydrogens is 391 g/mol. The highest BCUT2D eigenvalue weighted by Gasteiger charge is 2.28. The standard InChI is InChI=1S/C22H19FN2O3S/c23-19-8-2-3-9-20(19)24-22(26)17-11-13-18(14-12-17)29(27,28)25-15-5-7-16-6-1-4-10-21(16)25/h1-4,6,8-14H,5,7,15H2,(H,24,26). The summed E-state index contributed by atoms with van der Waals surface area (Å²) in [5.41, 5.74) is 2.01. The summed E-state index contributed by atoms with van der Waals surface area (Å²) in [6.45, 7) is 0.412. The number of amides is 1. The van der Waals surface area contributed by atoms with Gasteiger partial charge in [-0.1, -0.05) is 30.3 Å². The molecule has 0 spiro atoms. The van der Waals surface area contributed by atoms with Crippen molar-refractivity contribution >= 4 is 27.3 Å². The van der Waals surface area contributed by atoms with E-state index in [-0.39, 0.29) is 16.1 Å². The average molecular weight is 410 g/mol. The van der Waals surface area contributed by atoms with E-state index >= 15 is 0 Å². The quantitative estimate of drug-likeness (QED) is 0.700. The molecule has 1 aliphatic rings. The number of hydrogen-bond acceptors (Lipinski definition) is 3. The monoisotopic (exact) mass is 410 g/mol. The summed E-state index contributed by atoms with van der Waals surface area (Å²) in [7, 11) is -3.74. The molecule has 0 aromatic heterocycles. The number of rotatable bonds is 4. The number of hydrogen-bond donors (Lipinski definition) is 1. The van der Waals surface area contributed by atoms with Gasteiger partial charge in [0.25, 0.3) is 15.9 Å². The van der Waals surface area contributed by atoms with Crippen molar-refractivity contribution < 1.29 is 17.6 Å². The third-order valence-electron chi connectivity index (χ3n) is 4.89. The number of anilines is 2. The van der Waals surface area contributed by atoms with Gasteiger partial charge in [0, 0.05) is 12.1 Å². The van der Waals surface area contributed by atoms with E-state index in [9.17, 15) is 17.6 Å². The minimum atomic E-state index is -3.74. The number of carbonyl (C=O) groups is 1. The molecule has 148 valence electrons. The molecule has 1 heterocycles. The van der Waals surface area contributed by atoms with Crippen LogP contribution in [0.4, 0.5) is 15.8 Å². The average Bonchev–Trinajstić information content (AvgIpc) is 2.75. The third kappa shape index (κ3) is 3.73. The van der Waals surface area contributed by atoms with Gasteiger partial charge in [0.1, 0.15) is 5.82 Å². The number of benzene rings is 3. The van der Waals surface area contributed by atoms with E-state index < -0.39 is 21.7 Å². The summed E-state index contributed by atoms with van der Waals surface area (Å²) in [5.74, 6) is -1.05. The van der Waals surface area contributed by atoms with Crippen LogP contribution in [-0.2, 0) is 16.4 Å². The fourth-order valence-corrected chi connectivity index (χ4v) is 4.95. The van der Waals surface area contributed by atoms with E-state index in [1.54, 1.807) is 6.07 Å². The molecule has 1 N–H and O–H groups in total. The number of sulfonamides is 1. The summed E-state index contributed by atoms with van der Waals surface area (Å²) in [4.78, 5) is 12.5. The molecule has 0 fully saturated rings. The maximum Gasteiger partial charge on any atom is 0.264 e. The first-order valence-electron chi connectivity index (χ1n) is 9.23. The first-order chi connectivity index (χ1) is 14.0. The van der Waals surface area contributed by atoms with Crippen molar-refractivity contribution in [2.24, 2.45) is 0 Å². The smallest absolute Gasteiger partial charge is 0.264 e. The van der Waals surface area contributed by atoms with Gasteiger partial charge in [-0.15, -0.1) is 0 Å². The Balaban J connectivity index is 1.58. The number of nitrogens with one attached hydrogen (secondary N) is 1. The van der Waals surface area contributed by atoms with Crippen molar-refractivity contribution in [1.29, 1.82) is 0 Å². The Labute approximate surface area is 168 Å². The van der Waals surface area contributed by atoms with Crippen molar-refractivity contribution in [3.8, 4) is 0 Å². The molecule has 1 aliphatic heterocycles. The zero-order valence-corrected chi connectivity index (χ0v) is 16.3. The van der Waals surface area contributed by atoms with E-state index in [4.69, 9.17) is 0 Å². The molecule has 7 heteroatoms. The molecule has 5 nitrogen and oxygen atoms in total. The van der Waals surface area contributed by atoms with Gasteiger partial charge in [-0.25, -0.2) is 12.8 Å². The Hall–Kier alpha value is -3.19. The van der Waals surface area contributed by atoms with Gasteiger partial charge in [-0.05, 0) is 60.9 Å². The first-order valence-corrected chi connectivity index (χ1v) is 10.7. The second kappa shape index (κ2) is 7.67. The summed E-state index contributed by atoms with van der Waals surface area (Å²) in [5, 5.41) is 2.49. The number of nitrogens with zero attached hydrogens (tertiary/aromatic N) is 1. The fraction of sp³-hybridized carbons (Fsp3) is 0.136. The van der Waals surface area contributed by atoms with E-state index in [0.717, 1.165) is 18.4 Å². The lowest BCUT2D eigenvalue weighted by molar-refractivity contribution is 0.102. The highest BCUT2D eigenvalue weighted by Crippen LogP contribution is 2.31. The largest absolute Gasteiger partial charge is 0.319 e. The number of aryl methyl sites for hydroxylation is 1. The topological polar surface area (TPSA) is 66.5 Å². The molecule has 29 heavy (non-hydrogen) atoms.